The number of nitrogens with one attached hydrogen (secondary N) is 1. The number of fused-ring (bicyclic) bond motifs is 1. The van der Waals surface area contributed by atoms with Crippen molar-refractivity contribution < 1.29 is 0 Å². The molecule has 1 aromatic carbocycles. The molecule has 0 bridgehead atoms. The van der Waals surface area contributed by atoms with Gasteiger partial charge < -0.3 is 11.1 Å². The fourth-order valence-electron chi connectivity index (χ4n) is 2.29. The molecule has 0 aliphatic rings. The summed E-state index contributed by atoms with van der Waals surface area (Å²) in [6, 6.07) is 15.2. The average molecular weight is 274 g/mol. The summed E-state index contributed by atoms with van der Waals surface area (Å²) in [5.74, 6) is 0. The van der Waals surface area contributed by atoms with E-state index < -0.39 is 0 Å². The van der Waals surface area contributed by atoms with Crippen molar-refractivity contribution in [3.63, 3.8) is 0 Å². The second-order valence-corrected chi connectivity index (χ2v) is 4.56. The number of pyridine rings is 2. The van der Waals surface area contributed by atoms with Crippen LogP contribution in [0.1, 0.15) is 11.3 Å². The van der Waals surface area contributed by atoms with Crippen molar-refractivity contribution in [3.05, 3.63) is 72.2 Å². The number of nitrogens with zero attached hydrogens (tertiary/aromatic N) is 2. The smallest absolute Gasteiger partial charge is 0.0865 e. The van der Waals surface area contributed by atoms with Crippen LogP contribution in [-0.4, -0.2) is 16.2 Å². The van der Waals surface area contributed by atoms with Crippen LogP contribution in [0.25, 0.3) is 22.2 Å². The zero-order chi connectivity index (χ0) is 14.7. The number of rotatable bonds is 3. The standard InChI is InChI=1S/C17H14N4/c18-11-14(17(19)16-7-3-4-9-20-16)12-8-10-21-15-6-2-1-5-13(12)15/h1-11,18H,19H2. The maximum atomic E-state index is 7.74. The molecule has 2 heterocycles. The van der Waals surface area contributed by atoms with E-state index in [1.165, 1.54) is 6.21 Å². The summed E-state index contributed by atoms with van der Waals surface area (Å²) in [5, 5.41) is 8.71. The molecule has 0 atom stereocenters. The van der Waals surface area contributed by atoms with E-state index in [0.29, 0.717) is 17.0 Å². The lowest BCUT2D eigenvalue weighted by Crippen LogP contribution is -2.04. The molecule has 0 saturated heterocycles. The Balaban J connectivity index is 2.26. The van der Waals surface area contributed by atoms with Gasteiger partial charge in [0.2, 0.25) is 0 Å². The molecule has 3 rings (SSSR count). The molecular formula is C17H14N4. The van der Waals surface area contributed by atoms with Crippen molar-refractivity contribution in [2.45, 2.75) is 0 Å². The number of para-hydroxylation sites is 1. The Labute approximate surface area is 122 Å². The van der Waals surface area contributed by atoms with Gasteiger partial charge in [0.05, 0.1) is 16.9 Å². The van der Waals surface area contributed by atoms with Gasteiger partial charge in [0.1, 0.15) is 0 Å². The van der Waals surface area contributed by atoms with Gasteiger partial charge in [-0.1, -0.05) is 24.3 Å². The van der Waals surface area contributed by atoms with E-state index in [-0.39, 0.29) is 0 Å². The van der Waals surface area contributed by atoms with Crippen molar-refractivity contribution in [2.75, 3.05) is 0 Å². The Bertz CT molecular complexity index is 817. The Hall–Kier alpha value is -3.01. The van der Waals surface area contributed by atoms with E-state index in [9.17, 15) is 0 Å². The summed E-state index contributed by atoms with van der Waals surface area (Å²) < 4.78 is 0. The van der Waals surface area contributed by atoms with E-state index in [1.807, 2.05) is 48.5 Å². The molecule has 21 heavy (non-hydrogen) atoms. The first-order chi connectivity index (χ1) is 10.3. The first-order valence-corrected chi connectivity index (χ1v) is 6.57. The SMILES string of the molecule is N=CC(=C(N)c1ccccn1)c1ccnc2ccccc12. The molecule has 2 aromatic heterocycles. The lowest BCUT2D eigenvalue weighted by Gasteiger charge is -2.10. The highest BCUT2D eigenvalue weighted by atomic mass is 14.7. The molecule has 0 radical (unpaired) electrons. The largest absolute Gasteiger partial charge is 0.396 e. The molecule has 0 fully saturated rings. The number of allylic oxidation sites excluding steroid dienone is 1. The molecule has 0 saturated carbocycles. The van der Waals surface area contributed by atoms with Gasteiger partial charge in [0.15, 0.2) is 0 Å². The van der Waals surface area contributed by atoms with Gasteiger partial charge in [-0.05, 0) is 29.8 Å². The zero-order valence-corrected chi connectivity index (χ0v) is 11.3. The lowest BCUT2D eigenvalue weighted by molar-refractivity contribution is 1.26. The Morgan fingerprint density at radius 3 is 2.52 bits per heavy atom. The number of aromatic nitrogens is 2. The monoisotopic (exact) mass is 274 g/mol. The zero-order valence-electron chi connectivity index (χ0n) is 11.3. The van der Waals surface area contributed by atoms with Crippen LogP contribution in [0.15, 0.2) is 60.9 Å². The first-order valence-electron chi connectivity index (χ1n) is 6.57. The lowest BCUT2D eigenvalue weighted by atomic mass is 9.99. The quantitative estimate of drug-likeness (QED) is 0.720. The average Bonchev–Trinajstić information content (AvgIpc) is 2.56. The Morgan fingerprint density at radius 1 is 0.952 bits per heavy atom. The Morgan fingerprint density at radius 2 is 1.76 bits per heavy atom. The molecule has 102 valence electrons. The summed E-state index contributed by atoms with van der Waals surface area (Å²) in [7, 11) is 0. The van der Waals surface area contributed by atoms with Crippen molar-refractivity contribution in [1.29, 1.82) is 5.41 Å². The molecule has 3 aromatic rings. The van der Waals surface area contributed by atoms with E-state index in [4.69, 9.17) is 11.1 Å². The van der Waals surface area contributed by atoms with Gasteiger partial charge in [-0.2, -0.15) is 0 Å². The van der Waals surface area contributed by atoms with Crippen molar-refractivity contribution in [1.82, 2.24) is 9.97 Å². The highest BCUT2D eigenvalue weighted by Gasteiger charge is 2.10. The van der Waals surface area contributed by atoms with Crippen LogP contribution in [0.3, 0.4) is 0 Å². The number of benzene rings is 1. The summed E-state index contributed by atoms with van der Waals surface area (Å²) in [6.45, 7) is 0. The third-order valence-electron chi connectivity index (χ3n) is 3.31. The van der Waals surface area contributed by atoms with Gasteiger partial charge in [-0.3, -0.25) is 9.97 Å². The number of hydrogen-bond acceptors (Lipinski definition) is 4. The highest BCUT2D eigenvalue weighted by Crippen LogP contribution is 2.26. The van der Waals surface area contributed by atoms with Crippen molar-refractivity contribution >= 4 is 28.4 Å². The molecule has 0 amide bonds. The fraction of sp³-hybridized carbons (Fsp3) is 0. The fourth-order valence-corrected chi connectivity index (χ4v) is 2.29. The normalized spacial score (nSPS) is 12.0. The van der Waals surface area contributed by atoms with E-state index >= 15 is 0 Å². The molecule has 3 N–H and O–H groups in total. The minimum absolute atomic E-state index is 0.488. The summed E-state index contributed by atoms with van der Waals surface area (Å²) in [5.41, 5.74) is 9.78. The summed E-state index contributed by atoms with van der Waals surface area (Å²) in [6.07, 6.45) is 4.69. The molecular weight excluding hydrogens is 260 g/mol. The van der Waals surface area contributed by atoms with Crippen LogP contribution in [0.5, 0.6) is 0 Å². The van der Waals surface area contributed by atoms with Crippen molar-refractivity contribution in [2.24, 2.45) is 5.73 Å². The molecule has 4 heteroatoms. The molecule has 0 aliphatic heterocycles. The van der Waals surface area contributed by atoms with Crippen LogP contribution in [0.4, 0.5) is 0 Å². The molecule has 4 nitrogen and oxygen atoms in total. The minimum Gasteiger partial charge on any atom is -0.396 e. The van der Waals surface area contributed by atoms with E-state index in [1.54, 1.807) is 12.4 Å². The van der Waals surface area contributed by atoms with Crippen LogP contribution < -0.4 is 5.73 Å². The maximum Gasteiger partial charge on any atom is 0.0865 e. The second kappa shape index (κ2) is 5.54. The van der Waals surface area contributed by atoms with Gasteiger partial charge in [0.25, 0.3) is 0 Å². The molecule has 0 aliphatic carbocycles. The van der Waals surface area contributed by atoms with E-state index in [2.05, 4.69) is 9.97 Å². The Kier molecular flexibility index (Phi) is 3.43. The maximum absolute atomic E-state index is 7.74. The van der Waals surface area contributed by atoms with Crippen molar-refractivity contribution in [3.8, 4) is 0 Å². The van der Waals surface area contributed by atoms with Gasteiger partial charge >= 0.3 is 0 Å². The van der Waals surface area contributed by atoms with Crippen LogP contribution in [-0.2, 0) is 0 Å². The minimum atomic E-state index is 0.488. The van der Waals surface area contributed by atoms with Crippen LogP contribution in [0.2, 0.25) is 0 Å². The first kappa shape index (κ1) is 13.0. The third-order valence-corrected chi connectivity index (χ3v) is 3.31. The highest BCUT2D eigenvalue weighted by molar-refractivity contribution is 6.20. The second-order valence-electron chi connectivity index (χ2n) is 4.56. The predicted octanol–water partition coefficient (Wildman–Crippen LogP) is 3.11. The topological polar surface area (TPSA) is 75.7 Å². The van der Waals surface area contributed by atoms with Gasteiger partial charge in [-0.25, -0.2) is 0 Å². The summed E-state index contributed by atoms with van der Waals surface area (Å²) >= 11 is 0. The van der Waals surface area contributed by atoms with Gasteiger partial charge in [0, 0.05) is 29.6 Å². The number of hydrogen-bond donors (Lipinski definition) is 2. The molecule has 0 spiro atoms. The van der Waals surface area contributed by atoms with Gasteiger partial charge in [-0.15, -0.1) is 0 Å². The van der Waals surface area contributed by atoms with Crippen LogP contribution in [0, 0.1) is 5.41 Å². The summed E-state index contributed by atoms with van der Waals surface area (Å²) in [4.78, 5) is 8.59. The predicted molar refractivity (Wildman–Crippen MR) is 85.8 cm³/mol. The van der Waals surface area contributed by atoms with Crippen LogP contribution >= 0.6 is 0 Å². The third kappa shape index (κ3) is 2.39. The molecule has 0 unspecified atom stereocenters. The number of nitrogens with two attached hydrogens (primary N) is 1. The van der Waals surface area contributed by atoms with E-state index in [0.717, 1.165) is 16.5 Å².